The maximum atomic E-state index is 13.1. The van der Waals surface area contributed by atoms with E-state index in [1.165, 1.54) is 12.1 Å². The Hall–Kier alpha value is -2.27. The highest BCUT2D eigenvalue weighted by Crippen LogP contribution is 2.43. The smallest absolute Gasteiger partial charge is 0.231 e. The van der Waals surface area contributed by atoms with E-state index in [1.807, 2.05) is 24.3 Å². The zero-order chi connectivity index (χ0) is 15.8. The summed E-state index contributed by atoms with van der Waals surface area (Å²) in [6.07, 6.45) is 1.09. The Morgan fingerprint density at radius 2 is 2.04 bits per heavy atom. The molecule has 0 aliphatic carbocycles. The van der Waals surface area contributed by atoms with Gasteiger partial charge in [0.15, 0.2) is 11.5 Å². The minimum absolute atomic E-state index is 0.194. The number of hydrogen-bond donors (Lipinski definition) is 0. The van der Waals surface area contributed by atoms with Gasteiger partial charge in [-0.2, -0.15) is 0 Å². The van der Waals surface area contributed by atoms with Crippen molar-refractivity contribution in [3.63, 3.8) is 0 Å². The Labute approximate surface area is 134 Å². The van der Waals surface area contributed by atoms with E-state index in [0.29, 0.717) is 17.5 Å². The number of ether oxygens (including phenoxy) is 3. The third-order valence-corrected chi connectivity index (χ3v) is 4.49. The fraction of sp³-hybridized carbons (Fsp3) is 0.333. The Morgan fingerprint density at radius 3 is 2.74 bits per heavy atom. The summed E-state index contributed by atoms with van der Waals surface area (Å²) in [6, 6.07) is 11.1. The molecule has 0 aromatic heterocycles. The van der Waals surface area contributed by atoms with Crippen molar-refractivity contribution >= 4 is 0 Å². The van der Waals surface area contributed by atoms with Crippen LogP contribution in [0.1, 0.15) is 23.6 Å². The zero-order valence-corrected chi connectivity index (χ0v) is 12.9. The molecule has 4 nitrogen and oxygen atoms in total. The Balaban J connectivity index is 1.53. The van der Waals surface area contributed by atoms with Gasteiger partial charge in [-0.05, 0) is 41.8 Å². The maximum Gasteiger partial charge on any atom is 0.231 e. The van der Waals surface area contributed by atoms with Crippen molar-refractivity contribution < 1.29 is 18.6 Å². The molecule has 2 aliphatic rings. The van der Waals surface area contributed by atoms with Crippen molar-refractivity contribution in [3.8, 4) is 17.2 Å². The number of hydrogen-bond acceptors (Lipinski definition) is 4. The van der Waals surface area contributed by atoms with Gasteiger partial charge in [0, 0.05) is 19.1 Å². The van der Waals surface area contributed by atoms with Crippen molar-refractivity contribution in [2.24, 2.45) is 0 Å². The Morgan fingerprint density at radius 1 is 1.22 bits per heavy atom. The van der Waals surface area contributed by atoms with Gasteiger partial charge < -0.3 is 14.2 Å². The molecule has 23 heavy (non-hydrogen) atoms. The molecular formula is C18H18FNO3. The van der Waals surface area contributed by atoms with E-state index >= 15 is 0 Å². The number of methoxy groups -OCH3 is 1. The molecule has 0 amide bonds. The number of benzene rings is 2. The van der Waals surface area contributed by atoms with E-state index < -0.39 is 0 Å². The molecule has 4 rings (SSSR count). The van der Waals surface area contributed by atoms with Gasteiger partial charge in [0.25, 0.3) is 0 Å². The van der Waals surface area contributed by atoms with Crippen LogP contribution in [0.5, 0.6) is 17.2 Å². The molecule has 0 radical (unpaired) electrons. The van der Waals surface area contributed by atoms with E-state index in [1.54, 1.807) is 7.11 Å². The molecule has 1 fully saturated rings. The minimum atomic E-state index is -0.194. The summed E-state index contributed by atoms with van der Waals surface area (Å²) >= 11 is 0. The highest BCUT2D eigenvalue weighted by Gasteiger charge is 2.30. The maximum absolute atomic E-state index is 13.1. The van der Waals surface area contributed by atoms with Gasteiger partial charge in [-0.3, -0.25) is 4.90 Å². The molecule has 2 heterocycles. The molecule has 0 unspecified atom stereocenters. The number of halogens is 1. The highest BCUT2D eigenvalue weighted by molar-refractivity contribution is 5.55. The number of rotatable bonds is 4. The third kappa shape index (κ3) is 2.61. The molecule has 2 aromatic rings. The molecule has 1 saturated heterocycles. The molecule has 1 atom stereocenters. The lowest BCUT2D eigenvalue weighted by atomic mass is 9.94. The van der Waals surface area contributed by atoms with Crippen LogP contribution in [0.25, 0.3) is 0 Å². The molecular weight excluding hydrogens is 297 g/mol. The summed E-state index contributed by atoms with van der Waals surface area (Å²) in [7, 11) is 1.63. The van der Waals surface area contributed by atoms with Gasteiger partial charge in [0.05, 0.1) is 7.11 Å². The third-order valence-electron chi connectivity index (χ3n) is 4.49. The highest BCUT2D eigenvalue weighted by atomic mass is 19.1. The standard InChI is InChI=1S/C18H18FNO3/c1-21-16-8-12(9-17-18(16)23-11-22-17)10-20-7-6-15(20)13-2-4-14(19)5-3-13/h2-5,8-9,15H,6-7,10-11H2,1H3/t15-/m0/s1. The van der Waals surface area contributed by atoms with Crippen LogP contribution in [-0.2, 0) is 6.54 Å². The summed E-state index contributed by atoms with van der Waals surface area (Å²) in [4.78, 5) is 2.37. The predicted molar refractivity (Wildman–Crippen MR) is 83.3 cm³/mol. The van der Waals surface area contributed by atoms with Crippen molar-refractivity contribution in [2.75, 3.05) is 20.4 Å². The lowest BCUT2D eigenvalue weighted by Crippen LogP contribution is -2.40. The summed E-state index contributed by atoms with van der Waals surface area (Å²) in [6.45, 7) is 2.06. The van der Waals surface area contributed by atoms with Crippen LogP contribution in [0, 0.1) is 5.82 Å². The fourth-order valence-corrected chi connectivity index (χ4v) is 3.20. The van der Waals surface area contributed by atoms with Crippen LogP contribution in [0.15, 0.2) is 36.4 Å². The monoisotopic (exact) mass is 315 g/mol. The van der Waals surface area contributed by atoms with Crippen LogP contribution in [-0.4, -0.2) is 25.3 Å². The first-order valence-corrected chi connectivity index (χ1v) is 7.70. The molecule has 0 spiro atoms. The summed E-state index contributed by atoms with van der Waals surface area (Å²) in [5.41, 5.74) is 2.28. The summed E-state index contributed by atoms with van der Waals surface area (Å²) in [5.74, 6) is 1.92. The van der Waals surface area contributed by atoms with Gasteiger partial charge in [0.2, 0.25) is 12.5 Å². The second-order valence-electron chi connectivity index (χ2n) is 5.86. The number of nitrogens with zero attached hydrogens (tertiary/aromatic N) is 1. The number of fused-ring (bicyclic) bond motifs is 1. The van der Waals surface area contributed by atoms with Crippen molar-refractivity contribution in [3.05, 3.63) is 53.3 Å². The van der Waals surface area contributed by atoms with E-state index in [0.717, 1.165) is 36.4 Å². The van der Waals surface area contributed by atoms with Crippen LogP contribution in [0.3, 0.4) is 0 Å². The molecule has 120 valence electrons. The number of likely N-dealkylation sites (tertiary alicyclic amines) is 1. The summed E-state index contributed by atoms with van der Waals surface area (Å²) < 4.78 is 29.4. The normalized spacial score (nSPS) is 19.5. The quantitative estimate of drug-likeness (QED) is 0.864. The SMILES string of the molecule is COc1cc(CN2CC[C@H]2c2ccc(F)cc2)cc2c1OCO2. The van der Waals surface area contributed by atoms with Gasteiger partial charge in [-0.25, -0.2) is 4.39 Å². The molecule has 5 heteroatoms. The molecule has 0 saturated carbocycles. The molecule has 0 N–H and O–H groups in total. The average molecular weight is 315 g/mol. The van der Waals surface area contributed by atoms with Crippen LogP contribution in [0.4, 0.5) is 4.39 Å². The fourth-order valence-electron chi connectivity index (χ4n) is 3.20. The van der Waals surface area contributed by atoms with Crippen molar-refractivity contribution in [1.29, 1.82) is 0 Å². The largest absolute Gasteiger partial charge is 0.493 e. The van der Waals surface area contributed by atoms with Gasteiger partial charge >= 0.3 is 0 Å². The first-order chi connectivity index (χ1) is 11.2. The average Bonchev–Trinajstić information content (AvgIpc) is 3.01. The van der Waals surface area contributed by atoms with Gasteiger partial charge in [-0.15, -0.1) is 0 Å². The predicted octanol–water partition coefficient (Wildman–Crippen LogP) is 3.51. The van der Waals surface area contributed by atoms with Crippen molar-refractivity contribution in [1.82, 2.24) is 4.90 Å². The van der Waals surface area contributed by atoms with Crippen molar-refractivity contribution in [2.45, 2.75) is 19.0 Å². The second-order valence-corrected chi connectivity index (χ2v) is 5.86. The van der Waals surface area contributed by atoms with E-state index in [-0.39, 0.29) is 12.6 Å². The zero-order valence-electron chi connectivity index (χ0n) is 12.9. The van der Waals surface area contributed by atoms with Gasteiger partial charge in [-0.1, -0.05) is 12.1 Å². The molecule has 2 aromatic carbocycles. The summed E-state index contributed by atoms with van der Waals surface area (Å²) in [5, 5.41) is 0. The first kappa shape index (κ1) is 14.3. The van der Waals surface area contributed by atoms with Crippen LogP contribution in [0.2, 0.25) is 0 Å². The lowest BCUT2D eigenvalue weighted by Gasteiger charge is -2.41. The lowest BCUT2D eigenvalue weighted by molar-refractivity contribution is 0.0817. The molecule has 0 bridgehead atoms. The minimum Gasteiger partial charge on any atom is -0.493 e. The topological polar surface area (TPSA) is 30.9 Å². The van der Waals surface area contributed by atoms with E-state index in [9.17, 15) is 4.39 Å². The van der Waals surface area contributed by atoms with E-state index in [2.05, 4.69) is 4.90 Å². The van der Waals surface area contributed by atoms with Crippen LogP contribution < -0.4 is 14.2 Å². The van der Waals surface area contributed by atoms with Gasteiger partial charge in [0.1, 0.15) is 5.82 Å². The Kier molecular flexibility index (Phi) is 3.58. The second kappa shape index (κ2) is 5.74. The van der Waals surface area contributed by atoms with E-state index in [4.69, 9.17) is 14.2 Å². The molecule has 2 aliphatic heterocycles. The first-order valence-electron chi connectivity index (χ1n) is 7.70. The Bertz CT molecular complexity index is 717. The van der Waals surface area contributed by atoms with Crippen LogP contribution >= 0.6 is 0 Å².